The van der Waals surface area contributed by atoms with Crippen molar-refractivity contribution in [3.8, 4) is 0 Å². The van der Waals surface area contributed by atoms with Crippen molar-refractivity contribution in [3.63, 3.8) is 0 Å². The average molecular weight is 310 g/mol. The first kappa shape index (κ1) is 13.4. The third-order valence-corrected chi connectivity index (χ3v) is 6.11. The molecule has 5 rings (SSSR count). The molecule has 0 spiro atoms. The number of hydrogen-bond acceptors (Lipinski definition) is 4. The van der Waals surface area contributed by atoms with Crippen molar-refractivity contribution in [1.82, 2.24) is 10.2 Å². The molecule has 3 fully saturated rings. The number of nitrogens with zero attached hydrogens (tertiary/aromatic N) is 1. The number of hydrogen-bond donors (Lipinski definition) is 1. The Morgan fingerprint density at radius 1 is 1.00 bits per heavy atom. The molecule has 0 bridgehead atoms. The van der Waals surface area contributed by atoms with Crippen LogP contribution < -0.4 is 5.32 Å². The van der Waals surface area contributed by atoms with Gasteiger partial charge in [0, 0.05) is 11.5 Å². The molecular formula is C18H18N2O3. The molecule has 1 N–H and O–H groups in total. The van der Waals surface area contributed by atoms with E-state index in [2.05, 4.69) is 5.32 Å². The molecule has 0 aromatic heterocycles. The first-order valence-corrected chi connectivity index (χ1v) is 8.44. The molecule has 0 radical (unpaired) electrons. The second-order valence-electron chi connectivity index (χ2n) is 7.12. The first-order valence-electron chi connectivity index (χ1n) is 8.44. The van der Waals surface area contributed by atoms with Gasteiger partial charge in [0.15, 0.2) is 5.78 Å². The number of Topliss-reactive ketones (excluding diaryl/α,β-unsaturated/α-hetero) is 2. The highest BCUT2D eigenvalue weighted by molar-refractivity contribution is 6.16. The summed E-state index contributed by atoms with van der Waals surface area (Å²) in [6.45, 7) is 0. The smallest absolute Gasteiger partial charge is 0.256 e. The van der Waals surface area contributed by atoms with Crippen LogP contribution in [0.4, 0.5) is 0 Å². The van der Waals surface area contributed by atoms with E-state index < -0.39 is 6.17 Å². The lowest BCUT2D eigenvalue weighted by Crippen LogP contribution is -2.54. The zero-order valence-electron chi connectivity index (χ0n) is 12.7. The Morgan fingerprint density at radius 2 is 1.74 bits per heavy atom. The van der Waals surface area contributed by atoms with Crippen molar-refractivity contribution < 1.29 is 14.4 Å². The largest absolute Gasteiger partial charge is 0.310 e. The Balaban J connectivity index is 1.61. The monoisotopic (exact) mass is 310 g/mol. The zero-order chi connectivity index (χ0) is 15.7. The number of amides is 1. The van der Waals surface area contributed by atoms with Gasteiger partial charge in [-0.15, -0.1) is 0 Å². The summed E-state index contributed by atoms with van der Waals surface area (Å²) in [7, 11) is 0. The molecule has 2 aliphatic heterocycles. The van der Waals surface area contributed by atoms with Crippen LogP contribution in [-0.4, -0.2) is 40.6 Å². The van der Waals surface area contributed by atoms with Crippen molar-refractivity contribution in [1.29, 1.82) is 0 Å². The predicted octanol–water partition coefficient (Wildman–Crippen LogP) is 1.38. The molecule has 5 atom stereocenters. The molecule has 5 unspecified atom stereocenters. The van der Waals surface area contributed by atoms with Crippen LogP contribution in [0.15, 0.2) is 24.3 Å². The number of benzene rings is 1. The molecule has 1 amide bonds. The van der Waals surface area contributed by atoms with Crippen LogP contribution in [0.3, 0.4) is 0 Å². The van der Waals surface area contributed by atoms with Gasteiger partial charge >= 0.3 is 0 Å². The van der Waals surface area contributed by atoms with E-state index in [0.717, 1.165) is 25.7 Å². The fraction of sp³-hybridized carbons (Fsp3) is 0.500. The maximum absolute atomic E-state index is 13.0. The van der Waals surface area contributed by atoms with Crippen LogP contribution in [0.25, 0.3) is 0 Å². The van der Waals surface area contributed by atoms with Gasteiger partial charge in [0.2, 0.25) is 5.78 Å². The molecule has 4 aliphatic rings. The minimum atomic E-state index is -0.667. The summed E-state index contributed by atoms with van der Waals surface area (Å²) in [6.07, 6.45) is 3.43. The van der Waals surface area contributed by atoms with Crippen LogP contribution >= 0.6 is 0 Å². The van der Waals surface area contributed by atoms with Gasteiger partial charge in [0.05, 0.1) is 17.6 Å². The van der Waals surface area contributed by atoms with Crippen molar-refractivity contribution in [3.05, 3.63) is 35.4 Å². The molecule has 5 heteroatoms. The summed E-state index contributed by atoms with van der Waals surface area (Å²) in [5.41, 5.74) is 0.946. The van der Waals surface area contributed by atoms with Gasteiger partial charge in [-0.3, -0.25) is 19.7 Å². The van der Waals surface area contributed by atoms with Gasteiger partial charge in [-0.25, -0.2) is 0 Å². The lowest BCUT2D eigenvalue weighted by Gasteiger charge is -2.37. The molecule has 1 saturated heterocycles. The summed E-state index contributed by atoms with van der Waals surface area (Å²) in [5, 5.41) is 3.19. The molecule has 2 aliphatic carbocycles. The van der Waals surface area contributed by atoms with E-state index in [1.807, 2.05) is 0 Å². The fourth-order valence-electron chi connectivity index (χ4n) is 5.16. The van der Waals surface area contributed by atoms with Crippen LogP contribution in [0.5, 0.6) is 0 Å². The van der Waals surface area contributed by atoms with Gasteiger partial charge in [-0.2, -0.15) is 0 Å². The van der Waals surface area contributed by atoms with Crippen LogP contribution in [0.2, 0.25) is 0 Å². The Bertz CT molecular complexity index is 744. The molecule has 23 heavy (non-hydrogen) atoms. The Morgan fingerprint density at radius 3 is 2.57 bits per heavy atom. The molecule has 2 saturated carbocycles. The minimum Gasteiger partial charge on any atom is -0.310 e. The van der Waals surface area contributed by atoms with Gasteiger partial charge in [0.1, 0.15) is 6.17 Å². The van der Waals surface area contributed by atoms with E-state index in [1.54, 1.807) is 29.2 Å². The summed E-state index contributed by atoms with van der Waals surface area (Å²) >= 11 is 0. The highest BCUT2D eigenvalue weighted by Crippen LogP contribution is 2.46. The van der Waals surface area contributed by atoms with Gasteiger partial charge in [0.25, 0.3) is 5.91 Å². The third kappa shape index (κ3) is 1.58. The normalized spacial score (nSPS) is 38.2. The quantitative estimate of drug-likeness (QED) is 0.786. The highest BCUT2D eigenvalue weighted by atomic mass is 16.2. The van der Waals surface area contributed by atoms with Crippen LogP contribution in [0.1, 0.15) is 46.4 Å². The second-order valence-corrected chi connectivity index (χ2v) is 7.12. The van der Waals surface area contributed by atoms with E-state index in [9.17, 15) is 14.4 Å². The maximum atomic E-state index is 13.0. The van der Waals surface area contributed by atoms with Crippen molar-refractivity contribution in [2.24, 2.45) is 11.8 Å². The number of ketones is 2. The first-order chi connectivity index (χ1) is 11.2. The number of fused-ring (bicyclic) bond motifs is 6. The van der Waals surface area contributed by atoms with Crippen molar-refractivity contribution >= 4 is 17.5 Å². The summed E-state index contributed by atoms with van der Waals surface area (Å²) in [4.78, 5) is 40.2. The lowest BCUT2D eigenvalue weighted by molar-refractivity contribution is -0.123. The van der Waals surface area contributed by atoms with Crippen LogP contribution in [-0.2, 0) is 4.79 Å². The molecule has 5 nitrogen and oxygen atoms in total. The topological polar surface area (TPSA) is 66.5 Å². The number of carbonyl (C=O) groups excluding carboxylic acids is 3. The van der Waals surface area contributed by atoms with Gasteiger partial charge in [-0.1, -0.05) is 31.0 Å². The number of nitrogens with one attached hydrogen (secondary N) is 1. The number of rotatable bonds is 0. The Labute approximate surface area is 134 Å². The van der Waals surface area contributed by atoms with Crippen LogP contribution in [0, 0.1) is 11.8 Å². The lowest BCUT2D eigenvalue weighted by atomic mass is 9.79. The minimum absolute atomic E-state index is 0.0623. The average Bonchev–Trinajstić information content (AvgIpc) is 3.10. The molecule has 2 heterocycles. The van der Waals surface area contributed by atoms with E-state index >= 15 is 0 Å². The third-order valence-electron chi connectivity index (χ3n) is 6.11. The SMILES string of the molecule is O=C1C2CCCCC2C2C1NC1C(=O)c3ccccc3C(=O)N12. The maximum Gasteiger partial charge on any atom is 0.256 e. The van der Waals surface area contributed by atoms with Crippen molar-refractivity contribution in [2.45, 2.75) is 43.9 Å². The molecule has 1 aromatic carbocycles. The van der Waals surface area contributed by atoms with Gasteiger partial charge < -0.3 is 4.90 Å². The zero-order valence-corrected chi connectivity index (χ0v) is 12.7. The van der Waals surface area contributed by atoms with E-state index in [-0.39, 0.29) is 41.4 Å². The number of carbonyl (C=O) groups is 3. The van der Waals surface area contributed by atoms with Crippen molar-refractivity contribution in [2.75, 3.05) is 0 Å². The Hall–Kier alpha value is -2.01. The predicted molar refractivity (Wildman–Crippen MR) is 81.9 cm³/mol. The van der Waals surface area contributed by atoms with E-state index in [0.29, 0.717) is 11.1 Å². The molecule has 118 valence electrons. The fourth-order valence-corrected chi connectivity index (χ4v) is 5.16. The highest BCUT2D eigenvalue weighted by Gasteiger charge is 2.61. The van der Waals surface area contributed by atoms with E-state index in [4.69, 9.17) is 0 Å². The standard InChI is InChI=1S/C18H18N2O3/c21-15-10-6-2-1-5-9(10)14-13(15)19-17-16(22)11-7-3-4-8-12(11)18(23)20(14)17/h3-4,7-10,13-14,17,19H,1-2,5-6H2. The summed E-state index contributed by atoms with van der Waals surface area (Å²) < 4.78 is 0. The van der Waals surface area contributed by atoms with E-state index in [1.165, 1.54) is 0 Å². The Kier molecular flexibility index (Phi) is 2.63. The molecule has 1 aromatic rings. The summed E-state index contributed by atoms with van der Waals surface area (Å²) in [6, 6.07) is 6.46. The summed E-state index contributed by atoms with van der Waals surface area (Å²) in [5.74, 6) is 0.283. The molecular weight excluding hydrogens is 292 g/mol. The second kappa shape index (κ2) is 4.51. The van der Waals surface area contributed by atoms with Gasteiger partial charge in [-0.05, 0) is 24.8 Å².